The molecule has 8 heteroatoms. The maximum atomic E-state index is 13.6. The zero-order valence-corrected chi connectivity index (χ0v) is 19.8. The number of ether oxygens (including phenoxy) is 1. The first-order valence-corrected chi connectivity index (χ1v) is 12.5. The highest BCUT2D eigenvalue weighted by Gasteiger charge is 2.39. The van der Waals surface area contributed by atoms with Crippen LogP contribution in [0.3, 0.4) is 0 Å². The molecule has 1 aliphatic rings. The lowest BCUT2D eigenvalue weighted by atomic mass is 9.95. The summed E-state index contributed by atoms with van der Waals surface area (Å²) >= 11 is 0. The molecule has 1 amide bonds. The van der Waals surface area contributed by atoms with E-state index in [1.54, 1.807) is 55.5 Å². The summed E-state index contributed by atoms with van der Waals surface area (Å²) in [7, 11) is -3.92. The first kappa shape index (κ1) is 23.7. The lowest BCUT2D eigenvalue weighted by Gasteiger charge is -2.35. The summed E-state index contributed by atoms with van der Waals surface area (Å²) in [5.74, 6) is -0.881. The van der Waals surface area contributed by atoms with Crippen molar-refractivity contribution < 1.29 is 22.7 Å². The van der Waals surface area contributed by atoms with Gasteiger partial charge >= 0.3 is 5.97 Å². The van der Waals surface area contributed by atoms with E-state index in [4.69, 9.17) is 4.74 Å². The molecule has 0 saturated carbocycles. The van der Waals surface area contributed by atoms with Crippen LogP contribution in [0.2, 0.25) is 0 Å². The highest BCUT2D eigenvalue weighted by atomic mass is 32.2. The highest BCUT2D eigenvalue weighted by Crippen LogP contribution is 2.30. The Morgan fingerprint density at radius 2 is 1.62 bits per heavy atom. The number of benzene rings is 3. The van der Waals surface area contributed by atoms with Crippen molar-refractivity contribution >= 4 is 27.6 Å². The fourth-order valence-electron chi connectivity index (χ4n) is 3.95. The fraction of sp³-hybridized carbons (Fsp3) is 0.231. The van der Waals surface area contributed by atoms with Gasteiger partial charge in [0.15, 0.2) is 0 Å². The zero-order chi connectivity index (χ0) is 24.3. The van der Waals surface area contributed by atoms with Crippen molar-refractivity contribution in [3.05, 3.63) is 95.1 Å². The first-order valence-electron chi connectivity index (χ1n) is 11.0. The third-order valence-corrected chi connectivity index (χ3v) is 7.67. The summed E-state index contributed by atoms with van der Waals surface area (Å²) in [6.07, 6.45) is 0.258. The van der Waals surface area contributed by atoms with Crippen molar-refractivity contribution in [1.82, 2.24) is 4.31 Å². The normalized spacial score (nSPS) is 15.9. The third kappa shape index (κ3) is 4.88. The van der Waals surface area contributed by atoms with Gasteiger partial charge in [-0.2, -0.15) is 4.31 Å². The van der Waals surface area contributed by atoms with Crippen LogP contribution in [0.25, 0.3) is 0 Å². The summed E-state index contributed by atoms with van der Waals surface area (Å²) in [5, 5.41) is 2.81. The predicted molar refractivity (Wildman–Crippen MR) is 129 cm³/mol. The van der Waals surface area contributed by atoms with Gasteiger partial charge in [-0.3, -0.25) is 4.79 Å². The summed E-state index contributed by atoms with van der Waals surface area (Å²) in [4.78, 5) is 25.3. The largest absolute Gasteiger partial charge is 0.462 e. The number of nitrogens with zero attached hydrogens (tertiary/aromatic N) is 1. The molecule has 4 rings (SSSR count). The van der Waals surface area contributed by atoms with Gasteiger partial charge in [-0.15, -0.1) is 0 Å². The minimum atomic E-state index is -3.92. The minimum Gasteiger partial charge on any atom is -0.462 e. The molecule has 1 N–H and O–H groups in total. The number of carbonyl (C=O) groups is 2. The van der Waals surface area contributed by atoms with E-state index in [-0.39, 0.29) is 24.5 Å². The van der Waals surface area contributed by atoms with Crippen molar-refractivity contribution in [2.24, 2.45) is 0 Å². The number of rotatable bonds is 6. The lowest BCUT2D eigenvalue weighted by Crippen LogP contribution is -2.50. The zero-order valence-electron chi connectivity index (χ0n) is 19.0. The van der Waals surface area contributed by atoms with E-state index in [1.807, 2.05) is 31.2 Å². The van der Waals surface area contributed by atoms with Crippen molar-refractivity contribution in [1.29, 1.82) is 0 Å². The Morgan fingerprint density at radius 1 is 0.971 bits per heavy atom. The predicted octanol–water partition coefficient (Wildman–Crippen LogP) is 3.93. The Bertz CT molecular complexity index is 1300. The van der Waals surface area contributed by atoms with E-state index in [2.05, 4.69) is 5.32 Å². The van der Waals surface area contributed by atoms with Gasteiger partial charge in [0, 0.05) is 12.2 Å². The molecule has 3 aromatic carbocycles. The Hall–Kier alpha value is -3.49. The molecule has 0 radical (unpaired) electrons. The second kappa shape index (κ2) is 9.79. The number of carbonyl (C=O) groups excluding carboxylic acids is 2. The monoisotopic (exact) mass is 478 g/mol. The number of nitrogens with one attached hydrogen (secondary N) is 1. The van der Waals surface area contributed by atoms with Crippen molar-refractivity contribution in [2.45, 2.75) is 37.8 Å². The molecule has 176 valence electrons. The molecule has 34 heavy (non-hydrogen) atoms. The minimum absolute atomic E-state index is 0.103. The van der Waals surface area contributed by atoms with E-state index >= 15 is 0 Å². The topological polar surface area (TPSA) is 92.8 Å². The van der Waals surface area contributed by atoms with Gasteiger partial charge in [0.1, 0.15) is 6.04 Å². The standard InChI is InChI=1S/C26H26N2O5S/c1-3-33-26(30)19-10-12-22(13-11-19)27-25(29)24-16-20-6-4-5-7-21(20)17-28(24)34(31,32)23-14-8-18(2)9-15-23/h4-15,24H,3,16-17H2,1-2H3,(H,27,29)/t24-/m0/s1. The highest BCUT2D eigenvalue weighted by molar-refractivity contribution is 7.89. The summed E-state index contributed by atoms with van der Waals surface area (Å²) in [5.41, 5.74) is 3.60. The van der Waals surface area contributed by atoms with Gasteiger partial charge in [0.05, 0.1) is 17.1 Å². The second-order valence-corrected chi connectivity index (χ2v) is 10.0. The van der Waals surface area contributed by atoms with E-state index in [0.29, 0.717) is 11.3 Å². The molecule has 1 heterocycles. The van der Waals surface area contributed by atoms with Gasteiger partial charge in [-0.1, -0.05) is 42.0 Å². The molecule has 1 aliphatic heterocycles. The molecule has 0 fully saturated rings. The molecule has 0 saturated heterocycles. The van der Waals surface area contributed by atoms with Crippen molar-refractivity contribution in [3.63, 3.8) is 0 Å². The number of hydrogen-bond acceptors (Lipinski definition) is 5. The number of anilines is 1. The summed E-state index contributed by atoms with van der Waals surface area (Å²) in [6.45, 7) is 3.99. The Kier molecular flexibility index (Phi) is 6.81. The number of sulfonamides is 1. The summed E-state index contributed by atoms with van der Waals surface area (Å²) in [6, 6.07) is 19.5. The first-order chi connectivity index (χ1) is 16.3. The van der Waals surface area contributed by atoms with Gasteiger partial charge in [0.2, 0.25) is 15.9 Å². The van der Waals surface area contributed by atoms with Crippen LogP contribution in [0.5, 0.6) is 0 Å². The van der Waals surface area contributed by atoms with Gasteiger partial charge in [-0.25, -0.2) is 13.2 Å². The average molecular weight is 479 g/mol. The van der Waals surface area contributed by atoms with Crippen LogP contribution < -0.4 is 5.32 Å². The Labute approximate surface area is 199 Å². The van der Waals surface area contributed by atoms with Gasteiger partial charge < -0.3 is 10.1 Å². The molecular formula is C26H26N2O5S. The van der Waals surface area contributed by atoms with Gasteiger partial charge in [-0.05, 0) is 67.8 Å². The van der Waals surface area contributed by atoms with E-state index in [0.717, 1.165) is 16.7 Å². The van der Waals surface area contributed by atoms with Crippen LogP contribution >= 0.6 is 0 Å². The molecule has 0 bridgehead atoms. The number of aryl methyl sites for hydroxylation is 1. The van der Waals surface area contributed by atoms with Crippen molar-refractivity contribution in [2.75, 3.05) is 11.9 Å². The lowest BCUT2D eigenvalue weighted by molar-refractivity contribution is -0.120. The molecule has 0 unspecified atom stereocenters. The summed E-state index contributed by atoms with van der Waals surface area (Å²) < 4.78 is 33.3. The molecule has 0 aliphatic carbocycles. The average Bonchev–Trinajstić information content (AvgIpc) is 2.84. The van der Waals surface area contributed by atoms with E-state index < -0.39 is 27.9 Å². The number of fused-ring (bicyclic) bond motifs is 1. The fourth-order valence-corrected chi connectivity index (χ4v) is 5.52. The van der Waals surface area contributed by atoms with Crippen LogP contribution in [-0.4, -0.2) is 37.2 Å². The maximum absolute atomic E-state index is 13.6. The second-order valence-electron chi connectivity index (χ2n) is 8.14. The van der Waals surface area contributed by atoms with Crippen LogP contribution in [0, 0.1) is 6.92 Å². The van der Waals surface area contributed by atoms with Crippen LogP contribution in [0.1, 0.15) is 34.0 Å². The third-order valence-electron chi connectivity index (χ3n) is 5.80. The van der Waals surface area contributed by atoms with Crippen LogP contribution in [-0.2, 0) is 32.5 Å². The Morgan fingerprint density at radius 3 is 2.26 bits per heavy atom. The number of amides is 1. The van der Waals surface area contributed by atoms with E-state index in [1.165, 1.54) is 4.31 Å². The quantitative estimate of drug-likeness (QED) is 0.542. The Balaban J connectivity index is 1.62. The molecule has 0 aromatic heterocycles. The van der Waals surface area contributed by atoms with Gasteiger partial charge in [0.25, 0.3) is 0 Å². The molecule has 7 nitrogen and oxygen atoms in total. The molecule has 0 spiro atoms. The SMILES string of the molecule is CCOC(=O)c1ccc(NC(=O)[C@@H]2Cc3ccccc3CN2S(=O)(=O)c2ccc(C)cc2)cc1. The van der Waals surface area contributed by atoms with Crippen LogP contribution in [0.4, 0.5) is 5.69 Å². The number of hydrogen-bond donors (Lipinski definition) is 1. The molecular weight excluding hydrogens is 452 g/mol. The molecule has 1 atom stereocenters. The number of esters is 1. The molecule has 3 aromatic rings. The van der Waals surface area contributed by atoms with E-state index in [9.17, 15) is 18.0 Å². The smallest absolute Gasteiger partial charge is 0.338 e. The maximum Gasteiger partial charge on any atom is 0.338 e. The van der Waals surface area contributed by atoms with Crippen molar-refractivity contribution in [3.8, 4) is 0 Å². The van der Waals surface area contributed by atoms with Crippen LogP contribution in [0.15, 0.2) is 77.7 Å².